The van der Waals surface area contributed by atoms with E-state index in [1.165, 1.54) is 12.1 Å². The third-order valence-corrected chi connectivity index (χ3v) is 9.54. The molecule has 1 amide bonds. The third kappa shape index (κ3) is 8.18. The van der Waals surface area contributed by atoms with Gasteiger partial charge in [-0.15, -0.1) is 0 Å². The van der Waals surface area contributed by atoms with E-state index in [0.29, 0.717) is 29.8 Å². The van der Waals surface area contributed by atoms with Crippen LogP contribution in [0, 0.1) is 11.3 Å². The number of ether oxygens (including phenoxy) is 2. The van der Waals surface area contributed by atoms with Crippen LogP contribution in [0.3, 0.4) is 0 Å². The van der Waals surface area contributed by atoms with Crippen LogP contribution in [0.2, 0.25) is 0 Å². The lowest BCUT2D eigenvalue weighted by Crippen LogP contribution is -2.34. The van der Waals surface area contributed by atoms with Gasteiger partial charge in [0.2, 0.25) is 0 Å². The fraction of sp³-hybridized carbons (Fsp3) is 0.345. The average molecular weight is 617 g/mol. The van der Waals surface area contributed by atoms with Crippen LogP contribution in [0.5, 0.6) is 5.75 Å². The summed E-state index contributed by atoms with van der Waals surface area (Å²) in [6.45, 7) is -1.06. The Morgan fingerprint density at radius 3 is 2.45 bits per heavy atom. The SMILES string of the molecule is CCS(=O)(=O)c1ccc([C@H](CC#N)SNC(=O)c2ccc(N3C[C@@H](Oc4ccncc4)C[C@H]3COC(F)F)cc2)cc1. The minimum absolute atomic E-state index is 0.0145. The Morgan fingerprint density at radius 1 is 1.14 bits per heavy atom. The molecule has 222 valence electrons. The summed E-state index contributed by atoms with van der Waals surface area (Å²) in [4.78, 5) is 19.0. The molecule has 1 saturated heterocycles. The van der Waals surface area contributed by atoms with Gasteiger partial charge in [0.05, 0.1) is 47.6 Å². The molecule has 0 saturated carbocycles. The fourth-order valence-corrected chi connectivity index (χ4v) is 6.28. The zero-order chi connectivity index (χ0) is 30.1. The second kappa shape index (κ2) is 14.4. The Hall–Kier alpha value is -3.73. The van der Waals surface area contributed by atoms with E-state index in [-0.39, 0.29) is 41.7 Å². The summed E-state index contributed by atoms with van der Waals surface area (Å²) >= 11 is 1.07. The van der Waals surface area contributed by atoms with Gasteiger partial charge < -0.3 is 14.4 Å². The lowest BCUT2D eigenvalue weighted by Gasteiger charge is -2.26. The molecule has 0 bridgehead atoms. The molecule has 42 heavy (non-hydrogen) atoms. The van der Waals surface area contributed by atoms with Gasteiger partial charge in [-0.05, 0) is 66.0 Å². The predicted molar refractivity (Wildman–Crippen MR) is 155 cm³/mol. The van der Waals surface area contributed by atoms with Crippen molar-refractivity contribution in [2.45, 2.75) is 48.7 Å². The van der Waals surface area contributed by atoms with Crippen molar-refractivity contribution >= 4 is 33.4 Å². The van der Waals surface area contributed by atoms with E-state index in [4.69, 9.17) is 4.74 Å². The number of aromatic nitrogens is 1. The number of alkyl halides is 2. The summed E-state index contributed by atoms with van der Waals surface area (Å²) in [5, 5.41) is 8.88. The number of amides is 1. The van der Waals surface area contributed by atoms with Crippen molar-refractivity contribution in [1.82, 2.24) is 9.71 Å². The second-order valence-corrected chi connectivity index (χ2v) is 12.8. The first kappa shape index (κ1) is 31.2. The van der Waals surface area contributed by atoms with Crippen LogP contribution in [0.4, 0.5) is 14.5 Å². The van der Waals surface area contributed by atoms with Gasteiger partial charge in [0.1, 0.15) is 11.9 Å². The second-order valence-electron chi connectivity index (χ2n) is 9.48. The zero-order valence-electron chi connectivity index (χ0n) is 22.7. The maximum atomic E-state index is 12.9. The normalized spacial score (nSPS) is 17.5. The Labute approximate surface area is 247 Å². The summed E-state index contributed by atoms with van der Waals surface area (Å²) in [6, 6.07) is 18.3. The third-order valence-electron chi connectivity index (χ3n) is 6.77. The number of carbonyl (C=O) groups excluding carboxylic acids is 1. The fourth-order valence-electron chi connectivity index (χ4n) is 4.58. The van der Waals surface area contributed by atoms with Crippen molar-refractivity contribution in [2.75, 3.05) is 23.8 Å². The van der Waals surface area contributed by atoms with Crippen molar-refractivity contribution in [3.8, 4) is 11.8 Å². The van der Waals surface area contributed by atoms with Gasteiger partial charge in [0.15, 0.2) is 9.84 Å². The molecule has 3 atom stereocenters. The lowest BCUT2D eigenvalue weighted by atomic mass is 10.1. The van der Waals surface area contributed by atoms with Crippen molar-refractivity contribution in [3.05, 3.63) is 84.2 Å². The highest BCUT2D eigenvalue weighted by molar-refractivity contribution is 7.98. The topological polar surface area (TPSA) is 122 Å². The molecule has 1 N–H and O–H groups in total. The molecule has 4 rings (SSSR count). The van der Waals surface area contributed by atoms with Crippen molar-refractivity contribution < 1.29 is 31.5 Å². The number of nitrogens with one attached hydrogen (secondary N) is 1. The van der Waals surface area contributed by atoms with Gasteiger partial charge in [-0.3, -0.25) is 14.5 Å². The molecule has 1 aliphatic rings. The van der Waals surface area contributed by atoms with Crippen LogP contribution in [0.15, 0.2) is 78.0 Å². The van der Waals surface area contributed by atoms with E-state index in [9.17, 15) is 27.3 Å². The first-order chi connectivity index (χ1) is 20.2. The zero-order valence-corrected chi connectivity index (χ0v) is 24.4. The molecule has 3 aromatic rings. The van der Waals surface area contributed by atoms with Crippen LogP contribution in [-0.4, -0.2) is 57.0 Å². The molecule has 2 aromatic carbocycles. The Kier molecular flexibility index (Phi) is 10.7. The Morgan fingerprint density at radius 2 is 1.83 bits per heavy atom. The number of halogens is 2. The van der Waals surface area contributed by atoms with E-state index >= 15 is 0 Å². The number of hydrogen-bond donors (Lipinski definition) is 1. The lowest BCUT2D eigenvalue weighted by molar-refractivity contribution is -0.131. The molecule has 0 aliphatic carbocycles. The number of benzene rings is 2. The standard InChI is InChI=1S/C29H30F2N4O5S2/c1-2-42(37,38)26-9-5-20(6-10-26)27(11-14-32)41-34-28(36)21-3-7-22(8-4-21)35-18-25(17-23(35)19-39-29(30)31)40-24-12-15-33-16-13-24/h3-10,12-13,15-16,23,25,27,29H,2,11,17-19H2,1H3,(H,34,36)/t23-,25-,27-/m0/s1. The van der Waals surface area contributed by atoms with Crippen LogP contribution in [-0.2, 0) is 14.6 Å². The molecular formula is C29H30F2N4O5S2. The van der Waals surface area contributed by atoms with Gasteiger partial charge in [-0.25, -0.2) is 8.42 Å². The first-order valence-corrected chi connectivity index (χ1v) is 15.7. The summed E-state index contributed by atoms with van der Waals surface area (Å²) in [5.74, 6) is 0.239. The van der Waals surface area contributed by atoms with Crippen molar-refractivity contribution in [1.29, 1.82) is 5.26 Å². The minimum atomic E-state index is -3.35. The molecule has 13 heteroatoms. The first-order valence-electron chi connectivity index (χ1n) is 13.2. The Bertz CT molecular complexity index is 1470. The monoisotopic (exact) mass is 616 g/mol. The van der Waals surface area contributed by atoms with E-state index in [1.807, 2.05) is 4.90 Å². The van der Waals surface area contributed by atoms with E-state index in [2.05, 4.69) is 20.5 Å². The van der Waals surface area contributed by atoms with Crippen LogP contribution in [0.25, 0.3) is 0 Å². The summed E-state index contributed by atoms with van der Waals surface area (Å²) in [7, 11) is -3.35. The molecule has 9 nitrogen and oxygen atoms in total. The molecule has 2 heterocycles. The highest BCUT2D eigenvalue weighted by Gasteiger charge is 2.34. The van der Waals surface area contributed by atoms with Gasteiger partial charge in [-0.2, -0.15) is 14.0 Å². The van der Waals surface area contributed by atoms with Crippen molar-refractivity contribution in [3.63, 3.8) is 0 Å². The van der Waals surface area contributed by atoms with Gasteiger partial charge in [0.25, 0.3) is 5.91 Å². The number of carbonyl (C=O) groups is 1. The minimum Gasteiger partial charge on any atom is -0.488 e. The number of anilines is 1. The smallest absolute Gasteiger partial charge is 0.345 e. The van der Waals surface area contributed by atoms with E-state index in [0.717, 1.165) is 17.6 Å². The summed E-state index contributed by atoms with van der Waals surface area (Å²) in [6.07, 6.45) is 3.54. The number of sulfone groups is 1. The van der Waals surface area contributed by atoms with Crippen LogP contribution < -0.4 is 14.4 Å². The molecule has 1 aromatic heterocycles. The molecule has 1 fully saturated rings. The highest BCUT2D eigenvalue weighted by Crippen LogP contribution is 2.32. The maximum absolute atomic E-state index is 12.9. The number of nitriles is 1. The molecule has 0 radical (unpaired) electrons. The number of hydrogen-bond acceptors (Lipinski definition) is 9. The van der Waals surface area contributed by atoms with Gasteiger partial charge in [0, 0.05) is 30.1 Å². The van der Waals surface area contributed by atoms with Gasteiger partial charge in [-0.1, -0.05) is 19.1 Å². The summed E-state index contributed by atoms with van der Waals surface area (Å²) < 4.78 is 63.2. The van der Waals surface area contributed by atoms with E-state index < -0.39 is 21.7 Å². The largest absolute Gasteiger partial charge is 0.488 e. The average Bonchev–Trinajstić information content (AvgIpc) is 3.41. The highest BCUT2D eigenvalue weighted by atomic mass is 32.2. The predicted octanol–water partition coefficient (Wildman–Crippen LogP) is 5.17. The number of nitrogens with zero attached hydrogens (tertiary/aromatic N) is 3. The van der Waals surface area contributed by atoms with Crippen LogP contribution in [0.1, 0.15) is 40.9 Å². The molecule has 0 spiro atoms. The van der Waals surface area contributed by atoms with E-state index in [1.54, 1.807) is 67.8 Å². The molecule has 1 aliphatic heterocycles. The molecule has 0 unspecified atom stereocenters. The maximum Gasteiger partial charge on any atom is 0.345 e. The number of pyridine rings is 1. The van der Waals surface area contributed by atoms with Crippen molar-refractivity contribution in [2.24, 2.45) is 0 Å². The quantitative estimate of drug-likeness (QED) is 0.259. The molecular weight excluding hydrogens is 586 g/mol. The van der Waals surface area contributed by atoms with Crippen LogP contribution >= 0.6 is 11.9 Å². The van der Waals surface area contributed by atoms with Gasteiger partial charge >= 0.3 is 6.61 Å². The Balaban J connectivity index is 1.40. The number of rotatable bonds is 13. The summed E-state index contributed by atoms with van der Waals surface area (Å²) in [5.41, 5.74) is 1.81.